The summed E-state index contributed by atoms with van der Waals surface area (Å²) in [4.78, 5) is 10.8. The Hall–Kier alpha value is -1.55. The van der Waals surface area contributed by atoms with Crippen molar-refractivity contribution < 1.29 is 15.0 Å². The molecule has 1 rings (SSSR count). The van der Waals surface area contributed by atoms with E-state index >= 15 is 0 Å². The van der Waals surface area contributed by atoms with Crippen LogP contribution in [-0.2, 0) is 11.2 Å². The maximum atomic E-state index is 10.8. The van der Waals surface area contributed by atoms with Crippen molar-refractivity contribution in [3.05, 3.63) is 29.8 Å². The van der Waals surface area contributed by atoms with Crippen LogP contribution in [0.25, 0.3) is 0 Å². The second-order valence-corrected chi connectivity index (χ2v) is 3.61. The molecule has 1 aromatic rings. The Bertz CT molecular complexity index is 347. The van der Waals surface area contributed by atoms with Crippen molar-refractivity contribution in [2.75, 3.05) is 5.73 Å². The highest BCUT2D eigenvalue weighted by atomic mass is 16.4. The molecule has 0 bridgehead atoms. The van der Waals surface area contributed by atoms with Crippen LogP contribution < -0.4 is 5.73 Å². The van der Waals surface area contributed by atoms with Gasteiger partial charge in [-0.15, -0.1) is 0 Å². The lowest BCUT2D eigenvalue weighted by Gasteiger charge is -2.21. The largest absolute Gasteiger partial charge is 0.479 e. The quantitative estimate of drug-likeness (QED) is 0.647. The zero-order valence-electron chi connectivity index (χ0n) is 8.60. The first-order valence-corrected chi connectivity index (χ1v) is 4.78. The fourth-order valence-electron chi connectivity index (χ4n) is 1.33. The van der Waals surface area contributed by atoms with E-state index < -0.39 is 11.6 Å². The molecule has 1 aromatic carbocycles. The number of nitrogen functional groups attached to an aromatic ring is 1. The Balaban J connectivity index is 2.84. The molecular formula is C11H15NO3. The van der Waals surface area contributed by atoms with Crippen molar-refractivity contribution in [1.82, 2.24) is 0 Å². The van der Waals surface area contributed by atoms with E-state index in [0.29, 0.717) is 5.69 Å². The second kappa shape index (κ2) is 4.31. The van der Waals surface area contributed by atoms with E-state index in [4.69, 9.17) is 10.8 Å². The summed E-state index contributed by atoms with van der Waals surface area (Å²) in [7, 11) is 0. The topological polar surface area (TPSA) is 83.5 Å². The zero-order chi connectivity index (χ0) is 11.5. The van der Waals surface area contributed by atoms with Crippen molar-refractivity contribution in [2.45, 2.75) is 25.4 Å². The van der Waals surface area contributed by atoms with E-state index in [1.807, 2.05) is 0 Å². The van der Waals surface area contributed by atoms with Gasteiger partial charge in [0.2, 0.25) is 0 Å². The highest BCUT2D eigenvalue weighted by Gasteiger charge is 2.33. The van der Waals surface area contributed by atoms with Crippen LogP contribution in [0.4, 0.5) is 5.69 Å². The lowest BCUT2D eigenvalue weighted by atomic mass is 9.92. The molecule has 0 aliphatic carbocycles. The van der Waals surface area contributed by atoms with Crippen molar-refractivity contribution in [3.8, 4) is 0 Å². The van der Waals surface area contributed by atoms with Gasteiger partial charge in [-0.1, -0.05) is 19.1 Å². The third kappa shape index (κ3) is 2.70. The van der Waals surface area contributed by atoms with Crippen LogP contribution in [0.1, 0.15) is 18.9 Å². The van der Waals surface area contributed by atoms with Crippen LogP contribution in [-0.4, -0.2) is 21.8 Å². The molecule has 0 fully saturated rings. The smallest absolute Gasteiger partial charge is 0.336 e. The van der Waals surface area contributed by atoms with Crippen molar-refractivity contribution in [2.24, 2.45) is 0 Å². The number of hydrogen-bond acceptors (Lipinski definition) is 3. The van der Waals surface area contributed by atoms with E-state index in [1.165, 1.54) is 0 Å². The minimum Gasteiger partial charge on any atom is -0.479 e. The molecular weight excluding hydrogens is 194 g/mol. The molecule has 0 saturated heterocycles. The van der Waals surface area contributed by atoms with Crippen molar-refractivity contribution >= 4 is 11.7 Å². The summed E-state index contributed by atoms with van der Waals surface area (Å²) in [6.45, 7) is 1.64. The molecule has 0 aliphatic heterocycles. The number of rotatable bonds is 4. The Labute approximate surface area is 88.3 Å². The van der Waals surface area contributed by atoms with Gasteiger partial charge in [0, 0.05) is 12.1 Å². The number of carbonyl (C=O) groups is 1. The number of benzene rings is 1. The molecule has 4 heteroatoms. The van der Waals surface area contributed by atoms with Gasteiger partial charge in [0.1, 0.15) is 0 Å². The monoisotopic (exact) mass is 209 g/mol. The van der Waals surface area contributed by atoms with E-state index in [2.05, 4.69) is 0 Å². The van der Waals surface area contributed by atoms with Gasteiger partial charge in [-0.2, -0.15) is 0 Å². The molecule has 4 nitrogen and oxygen atoms in total. The molecule has 4 N–H and O–H groups in total. The molecule has 82 valence electrons. The number of carboxylic acids is 1. The Morgan fingerprint density at radius 1 is 1.40 bits per heavy atom. The lowest BCUT2D eigenvalue weighted by Crippen LogP contribution is -2.40. The van der Waals surface area contributed by atoms with E-state index in [0.717, 1.165) is 5.56 Å². The third-order valence-electron chi connectivity index (χ3n) is 2.46. The third-order valence-corrected chi connectivity index (χ3v) is 2.46. The molecule has 15 heavy (non-hydrogen) atoms. The first kappa shape index (κ1) is 11.5. The average Bonchev–Trinajstić information content (AvgIpc) is 2.21. The van der Waals surface area contributed by atoms with Crippen LogP contribution in [0, 0.1) is 0 Å². The summed E-state index contributed by atoms with van der Waals surface area (Å²) in [5.74, 6) is -1.19. The summed E-state index contributed by atoms with van der Waals surface area (Å²) in [5, 5.41) is 18.7. The number of hydrogen-bond donors (Lipinski definition) is 3. The summed E-state index contributed by atoms with van der Waals surface area (Å²) in [6, 6.07) is 6.82. The summed E-state index contributed by atoms with van der Waals surface area (Å²) < 4.78 is 0. The van der Waals surface area contributed by atoms with Gasteiger partial charge in [0.05, 0.1) is 0 Å². The zero-order valence-corrected chi connectivity index (χ0v) is 8.60. The number of anilines is 1. The van der Waals surface area contributed by atoms with E-state index in [9.17, 15) is 9.90 Å². The first-order valence-electron chi connectivity index (χ1n) is 4.78. The Morgan fingerprint density at radius 3 is 2.33 bits per heavy atom. The van der Waals surface area contributed by atoms with Gasteiger partial charge in [-0.05, 0) is 24.1 Å². The summed E-state index contributed by atoms with van der Waals surface area (Å²) in [6.07, 6.45) is 0.270. The van der Waals surface area contributed by atoms with Crippen molar-refractivity contribution in [3.63, 3.8) is 0 Å². The number of aliphatic hydroxyl groups is 1. The number of carboxylic acid groups (broad SMARTS) is 1. The fourth-order valence-corrected chi connectivity index (χ4v) is 1.33. The Morgan fingerprint density at radius 2 is 1.93 bits per heavy atom. The molecule has 0 heterocycles. The summed E-state index contributed by atoms with van der Waals surface area (Å²) in [5.41, 5.74) is 5.20. The normalized spacial score (nSPS) is 14.5. The predicted octanol–water partition coefficient (Wildman–Crippen LogP) is 1.04. The first-order chi connectivity index (χ1) is 6.98. The lowest BCUT2D eigenvalue weighted by molar-refractivity contribution is -0.158. The van der Waals surface area contributed by atoms with Crippen LogP contribution >= 0.6 is 0 Å². The summed E-state index contributed by atoms with van der Waals surface area (Å²) >= 11 is 0. The van der Waals surface area contributed by atoms with E-state index in [1.54, 1.807) is 31.2 Å². The number of aliphatic carboxylic acids is 1. The van der Waals surface area contributed by atoms with Gasteiger partial charge in [0.15, 0.2) is 5.60 Å². The maximum Gasteiger partial charge on any atom is 0.336 e. The molecule has 1 atom stereocenters. The highest BCUT2D eigenvalue weighted by Crippen LogP contribution is 2.18. The van der Waals surface area contributed by atoms with Crippen LogP contribution in [0.15, 0.2) is 24.3 Å². The Kier molecular flexibility index (Phi) is 3.31. The van der Waals surface area contributed by atoms with Crippen molar-refractivity contribution in [1.29, 1.82) is 0 Å². The van der Waals surface area contributed by atoms with E-state index in [-0.39, 0.29) is 12.8 Å². The van der Waals surface area contributed by atoms with Gasteiger partial charge >= 0.3 is 5.97 Å². The van der Waals surface area contributed by atoms with Gasteiger partial charge < -0.3 is 15.9 Å². The minimum atomic E-state index is -1.68. The van der Waals surface area contributed by atoms with Crippen LogP contribution in [0.3, 0.4) is 0 Å². The van der Waals surface area contributed by atoms with Crippen LogP contribution in [0.2, 0.25) is 0 Å². The highest BCUT2D eigenvalue weighted by molar-refractivity contribution is 5.77. The molecule has 0 aliphatic rings. The standard InChI is InChI=1S/C11H15NO3/c1-2-11(15,10(13)14)7-8-3-5-9(12)6-4-8/h3-6,15H,2,7,12H2,1H3,(H,13,14)/t11-/m1/s1. The van der Waals surface area contributed by atoms with Gasteiger partial charge in [-0.25, -0.2) is 4.79 Å². The predicted molar refractivity (Wildman–Crippen MR) is 57.4 cm³/mol. The molecule has 0 amide bonds. The SMILES string of the molecule is CC[C@@](O)(Cc1ccc(N)cc1)C(=O)O. The minimum absolute atomic E-state index is 0.0963. The number of nitrogens with two attached hydrogens (primary N) is 1. The molecule has 0 aromatic heterocycles. The molecule has 0 spiro atoms. The average molecular weight is 209 g/mol. The van der Waals surface area contributed by atoms with Gasteiger partial charge in [0.25, 0.3) is 0 Å². The molecule has 0 unspecified atom stereocenters. The molecule has 0 saturated carbocycles. The fraction of sp³-hybridized carbons (Fsp3) is 0.364. The second-order valence-electron chi connectivity index (χ2n) is 3.61. The van der Waals surface area contributed by atoms with Crippen LogP contribution in [0.5, 0.6) is 0 Å². The molecule has 0 radical (unpaired) electrons. The maximum absolute atomic E-state index is 10.8. The van der Waals surface area contributed by atoms with Gasteiger partial charge in [-0.3, -0.25) is 0 Å².